The summed E-state index contributed by atoms with van der Waals surface area (Å²) in [6.07, 6.45) is 4.94. The summed E-state index contributed by atoms with van der Waals surface area (Å²) in [7, 11) is 0. The van der Waals surface area contributed by atoms with Crippen LogP contribution >= 0.6 is 0 Å². The third-order valence-electron chi connectivity index (χ3n) is 3.88. The molecule has 2 rings (SSSR count). The molecule has 0 saturated carbocycles. The summed E-state index contributed by atoms with van der Waals surface area (Å²) in [6, 6.07) is 2.69. The van der Waals surface area contributed by atoms with E-state index in [4.69, 9.17) is 5.73 Å². The number of nitrogens with zero attached hydrogens (tertiary/aromatic N) is 2. The number of aromatic nitrogens is 2. The molecular weight excluding hydrogens is 212 g/mol. The molecule has 0 bridgehead atoms. The Morgan fingerprint density at radius 3 is 2.94 bits per heavy atom. The molecule has 0 unspecified atom stereocenters. The Hall–Kier alpha value is -1.03. The molecule has 0 aromatic carbocycles. The van der Waals surface area contributed by atoms with E-state index in [1.54, 1.807) is 0 Å². The minimum atomic E-state index is 0.546. The van der Waals surface area contributed by atoms with Gasteiger partial charge in [0.2, 0.25) is 0 Å². The first-order valence-corrected chi connectivity index (χ1v) is 6.75. The minimum Gasteiger partial charge on any atom is -0.352 e. The summed E-state index contributed by atoms with van der Waals surface area (Å²) in [6.45, 7) is 6.21. The molecule has 17 heavy (non-hydrogen) atoms. The van der Waals surface area contributed by atoms with Crippen LogP contribution in [0.1, 0.15) is 38.3 Å². The maximum absolute atomic E-state index is 5.93. The molecule has 0 spiro atoms. The topological polar surface area (TPSA) is 57.9 Å². The van der Waals surface area contributed by atoms with Crippen LogP contribution in [0.5, 0.6) is 0 Å². The number of aromatic amines is 1. The molecule has 4 nitrogen and oxygen atoms in total. The summed E-state index contributed by atoms with van der Waals surface area (Å²) in [5.74, 6) is 1.70. The van der Waals surface area contributed by atoms with Gasteiger partial charge in [-0.2, -0.15) is 5.10 Å². The van der Waals surface area contributed by atoms with Crippen molar-refractivity contribution in [3.63, 3.8) is 0 Å². The van der Waals surface area contributed by atoms with Gasteiger partial charge in [0.25, 0.3) is 0 Å². The predicted molar refractivity (Wildman–Crippen MR) is 71.1 cm³/mol. The molecular formula is C13H24N4. The number of hydrogen-bond acceptors (Lipinski definition) is 3. The highest BCUT2D eigenvalue weighted by Crippen LogP contribution is 2.28. The molecule has 4 heteroatoms. The lowest BCUT2D eigenvalue weighted by Crippen LogP contribution is -2.42. The fourth-order valence-electron chi connectivity index (χ4n) is 2.97. The first-order chi connectivity index (χ1) is 8.26. The number of nitrogens with one attached hydrogen (secondary N) is 1. The fraction of sp³-hybridized carbons (Fsp3) is 0.769. The molecule has 0 aliphatic carbocycles. The molecule has 2 heterocycles. The van der Waals surface area contributed by atoms with Crippen molar-refractivity contribution in [2.24, 2.45) is 11.7 Å². The van der Waals surface area contributed by atoms with Gasteiger partial charge in [-0.15, -0.1) is 0 Å². The summed E-state index contributed by atoms with van der Waals surface area (Å²) < 4.78 is 0. The number of nitrogens with two attached hydrogens (primary N) is 1. The highest BCUT2D eigenvalue weighted by Gasteiger charge is 2.28. The van der Waals surface area contributed by atoms with Crippen LogP contribution in [0, 0.1) is 12.8 Å². The van der Waals surface area contributed by atoms with Crippen LogP contribution in [0.2, 0.25) is 0 Å². The number of aryl methyl sites for hydroxylation is 1. The molecule has 1 aliphatic heterocycles. The SMILES string of the molecule is CC[C@@H]1[C@@H](CN)CCCCN1c1cc(C)[nH]n1. The maximum Gasteiger partial charge on any atom is 0.150 e. The number of H-pyrrole nitrogens is 1. The minimum absolute atomic E-state index is 0.546. The van der Waals surface area contributed by atoms with E-state index in [9.17, 15) is 0 Å². The van der Waals surface area contributed by atoms with Crippen LogP contribution in [0.15, 0.2) is 6.07 Å². The van der Waals surface area contributed by atoms with E-state index < -0.39 is 0 Å². The standard InChI is InChI=1S/C13H24N4/c1-3-12-11(9-14)6-4-5-7-17(12)13-8-10(2)15-16-13/h8,11-12H,3-7,9,14H2,1-2H3,(H,15,16)/t11-,12-/m1/s1. The second-order valence-corrected chi connectivity index (χ2v) is 5.07. The summed E-state index contributed by atoms with van der Waals surface area (Å²) in [4.78, 5) is 2.45. The van der Waals surface area contributed by atoms with Gasteiger partial charge in [-0.3, -0.25) is 5.10 Å². The Bertz CT molecular complexity index is 347. The lowest BCUT2D eigenvalue weighted by Gasteiger charge is -2.34. The second kappa shape index (κ2) is 5.54. The van der Waals surface area contributed by atoms with Gasteiger partial charge in [0.1, 0.15) is 0 Å². The summed E-state index contributed by atoms with van der Waals surface area (Å²) in [5, 5.41) is 7.45. The molecule has 2 atom stereocenters. The van der Waals surface area contributed by atoms with E-state index in [1.807, 2.05) is 0 Å². The number of rotatable bonds is 3. The second-order valence-electron chi connectivity index (χ2n) is 5.07. The van der Waals surface area contributed by atoms with Crippen LogP contribution in [-0.4, -0.2) is 29.3 Å². The van der Waals surface area contributed by atoms with Crippen molar-refractivity contribution in [1.82, 2.24) is 10.2 Å². The Morgan fingerprint density at radius 2 is 2.35 bits per heavy atom. The van der Waals surface area contributed by atoms with Crippen molar-refractivity contribution in [1.29, 1.82) is 0 Å². The zero-order chi connectivity index (χ0) is 12.3. The van der Waals surface area contributed by atoms with Crippen LogP contribution in [0.3, 0.4) is 0 Å². The Balaban J connectivity index is 2.22. The third kappa shape index (κ3) is 2.63. The van der Waals surface area contributed by atoms with Gasteiger partial charge in [-0.05, 0) is 38.6 Å². The van der Waals surface area contributed by atoms with Gasteiger partial charge < -0.3 is 10.6 Å². The summed E-state index contributed by atoms with van der Waals surface area (Å²) in [5.41, 5.74) is 7.06. The zero-order valence-electron chi connectivity index (χ0n) is 10.9. The van der Waals surface area contributed by atoms with Gasteiger partial charge in [0.05, 0.1) is 0 Å². The van der Waals surface area contributed by atoms with E-state index >= 15 is 0 Å². The Morgan fingerprint density at radius 1 is 1.53 bits per heavy atom. The molecule has 0 radical (unpaired) electrons. The maximum atomic E-state index is 5.93. The lowest BCUT2D eigenvalue weighted by molar-refractivity contribution is 0.391. The normalized spacial score (nSPS) is 25.9. The monoisotopic (exact) mass is 236 g/mol. The number of hydrogen-bond donors (Lipinski definition) is 2. The van der Waals surface area contributed by atoms with Gasteiger partial charge in [-0.25, -0.2) is 0 Å². The van der Waals surface area contributed by atoms with Crippen LogP contribution in [0.4, 0.5) is 5.82 Å². The van der Waals surface area contributed by atoms with Crippen molar-refractivity contribution < 1.29 is 0 Å². The molecule has 1 aliphatic rings. The van der Waals surface area contributed by atoms with Crippen molar-refractivity contribution in [3.8, 4) is 0 Å². The smallest absolute Gasteiger partial charge is 0.150 e. The first-order valence-electron chi connectivity index (χ1n) is 6.75. The lowest BCUT2D eigenvalue weighted by atomic mass is 9.93. The number of anilines is 1. The average molecular weight is 236 g/mol. The first kappa shape index (κ1) is 12.4. The van der Waals surface area contributed by atoms with E-state index in [1.165, 1.54) is 19.3 Å². The van der Waals surface area contributed by atoms with Crippen molar-refractivity contribution >= 4 is 5.82 Å². The zero-order valence-corrected chi connectivity index (χ0v) is 10.9. The molecule has 0 amide bonds. The Labute approximate surface area is 104 Å². The van der Waals surface area contributed by atoms with Gasteiger partial charge in [0.15, 0.2) is 5.82 Å². The van der Waals surface area contributed by atoms with E-state index in [-0.39, 0.29) is 0 Å². The average Bonchev–Trinajstić information content (AvgIpc) is 2.65. The van der Waals surface area contributed by atoms with Gasteiger partial charge in [-0.1, -0.05) is 13.3 Å². The van der Waals surface area contributed by atoms with E-state index in [2.05, 4.69) is 35.0 Å². The largest absolute Gasteiger partial charge is 0.352 e. The molecule has 1 fully saturated rings. The molecule has 3 N–H and O–H groups in total. The van der Waals surface area contributed by atoms with Crippen molar-refractivity contribution in [2.75, 3.05) is 18.0 Å². The van der Waals surface area contributed by atoms with Crippen molar-refractivity contribution in [2.45, 2.75) is 45.6 Å². The fourth-order valence-corrected chi connectivity index (χ4v) is 2.97. The van der Waals surface area contributed by atoms with E-state index in [0.717, 1.165) is 31.0 Å². The Kier molecular flexibility index (Phi) is 4.05. The van der Waals surface area contributed by atoms with Crippen LogP contribution < -0.4 is 10.6 Å². The third-order valence-corrected chi connectivity index (χ3v) is 3.88. The van der Waals surface area contributed by atoms with E-state index in [0.29, 0.717) is 12.0 Å². The van der Waals surface area contributed by atoms with Gasteiger partial charge in [0, 0.05) is 24.3 Å². The molecule has 1 aromatic heterocycles. The quantitative estimate of drug-likeness (QED) is 0.844. The molecule has 96 valence electrons. The van der Waals surface area contributed by atoms with Crippen LogP contribution in [0.25, 0.3) is 0 Å². The molecule has 1 aromatic rings. The van der Waals surface area contributed by atoms with Gasteiger partial charge >= 0.3 is 0 Å². The summed E-state index contributed by atoms with van der Waals surface area (Å²) >= 11 is 0. The van der Waals surface area contributed by atoms with Crippen molar-refractivity contribution in [3.05, 3.63) is 11.8 Å². The highest BCUT2D eigenvalue weighted by atomic mass is 15.3. The predicted octanol–water partition coefficient (Wildman–Crippen LogP) is 2.06. The van der Waals surface area contributed by atoms with Crippen LogP contribution in [-0.2, 0) is 0 Å². The molecule has 1 saturated heterocycles. The highest BCUT2D eigenvalue weighted by molar-refractivity contribution is 5.40.